The summed E-state index contributed by atoms with van der Waals surface area (Å²) in [4.78, 5) is 50.9. The SMILES string of the molecule is CC1(C)C(OC2OC(C(=O)[O-])C(O)C(O)C2OC2OC(C(=O)[O-])C(O)C(O)C2O)CC[C@@]2(C)C1CC[C@]1(C)C2C(=O)C=C2C3C[C@@](C)(C(=O)[O-])CC[C@]3(C)CC[C@]21C. The third-order valence-electron chi connectivity index (χ3n) is 17.2. The lowest BCUT2D eigenvalue weighted by Crippen LogP contribution is -2.68. The Hall–Kier alpha value is -2.54. The Labute approximate surface area is 337 Å². The minimum Gasteiger partial charge on any atom is -0.550 e. The number of hydrogen-bond acceptors (Lipinski definition) is 16. The molecule has 2 heterocycles. The van der Waals surface area contributed by atoms with E-state index in [1.165, 1.54) is 0 Å². The van der Waals surface area contributed by atoms with Gasteiger partial charge in [0.15, 0.2) is 18.4 Å². The van der Waals surface area contributed by atoms with Crippen molar-refractivity contribution in [3.05, 3.63) is 11.6 Å². The molecule has 6 fully saturated rings. The number of allylic oxidation sites excluding steroid dienone is 2. The molecular weight excluding hydrogens is 760 g/mol. The zero-order valence-electron chi connectivity index (χ0n) is 34.3. The van der Waals surface area contributed by atoms with Gasteiger partial charge in [-0.2, -0.15) is 0 Å². The lowest BCUT2D eigenvalue weighted by atomic mass is 9.33. The van der Waals surface area contributed by atoms with E-state index in [1.807, 2.05) is 19.9 Å². The first-order valence-corrected chi connectivity index (χ1v) is 20.7. The summed E-state index contributed by atoms with van der Waals surface area (Å²) in [6.45, 7) is 14.6. The molecule has 0 aromatic heterocycles. The van der Waals surface area contributed by atoms with Gasteiger partial charge in [0.05, 0.1) is 18.0 Å². The van der Waals surface area contributed by atoms with Crippen LogP contribution in [0.15, 0.2) is 11.6 Å². The average Bonchev–Trinajstić information content (AvgIpc) is 3.13. The summed E-state index contributed by atoms with van der Waals surface area (Å²) in [5.41, 5.74) is -2.11. The summed E-state index contributed by atoms with van der Waals surface area (Å²) in [7, 11) is 0. The topological polar surface area (TPSA) is 276 Å². The van der Waals surface area contributed by atoms with Crippen LogP contribution in [0.1, 0.15) is 106 Å². The van der Waals surface area contributed by atoms with E-state index >= 15 is 0 Å². The van der Waals surface area contributed by atoms with Gasteiger partial charge >= 0.3 is 0 Å². The third-order valence-corrected chi connectivity index (χ3v) is 17.2. The van der Waals surface area contributed by atoms with Gasteiger partial charge in [-0.1, -0.05) is 54.0 Å². The molecule has 14 unspecified atom stereocenters. The second kappa shape index (κ2) is 14.3. The van der Waals surface area contributed by atoms with Gasteiger partial charge in [0.2, 0.25) is 0 Å². The second-order valence-corrected chi connectivity index (χ2v) is 20.6. The lowest BCUT2D eigenvalue weighted by Gasteiger charge is -2.70. The quantitative estimate of drug-likeness (QED) is 0.178. The van der Waals surface area contributed by atoms with Crippen LogP contribution in [0.25, 0.3) is 0 Å². The first-order chi connectivity index (χ1) is 26.8. The van der Waals surface area contributed by atoms with Crippen LogP contribution in [0.5, 0.6) is 0 Å². The monoisotopic (exact) mass is 819 g/mol. The highest BCUT2D eigenvalue weighted by Crippen LogP contribution is 2.75. The van der Waals surface area contributed by atoms with Gasteiger partial charge in [-0.25, -0.2) is 0 Å². The molecule has 16 heteroatoms. The van der Waals surface area contributed by atoms with Crippen LogP contribution < -0.4 is 15.3 Å². The smallest absolute Gasteiger partial charge is 0.187 e. The number of carbonyl (C=O) groups is 4. The number of hydrogen-bond donors (Lipinski definition) is 5. The van der Waals surface area contributed by atoms with Crippen molar-refractivity contribution in [3.8, 4) is 0 Å². The summed E-state index contributed by atoms with van der Waals surface area (Å²) < 4.78 is 23.1. The molecule has 19 atom stereocenters. The lowest BCUT2D eigenvalue weighted by molar-refractivity contribution is -0.391. The van der Waals surface area contributed by atoms with E-state index in [-0.39, 0.29) is 34.4 Å². The van der Waals surface area contributed by atoms with Crippen LogP contribution in [0.2, 0.25) is 0 Å². The number of carboxylic acids is 3. The van der Waals surface area contributed by atoms with Gasteiger partial charge < -0.3 is 74.2 Å². The van der Waals surface area contributed by atoms with E-state index in [0.717, 1.165) is 24.8 Å². The van der Waals surface area contributed by atoms with E-state index in [1.54, 1.807) is 6.92 Å². The van der Waals surface area contributed by atoms with Crippen molar-refractivity contribution < 1.29 is 79.0 Å². The number of aliphatic carboxylic acids is 3. The van der Waals surface area contributed by atoms with Crippen molar-refractivity contribution in [2.24, 2.45) is 50.2 Å². The Morgan fingerprint density at radius 3 is 1.90 bits per heavy atom. The van der Waals surface area contributed by atoms with Crippen LogP contribution in [0, 0.1) is 50.2 Å². The number of carbonyl (C=O) groups excluding carboxylic acids is 4. The predicted octanol–water partition coefficient (Wildman–Crippen LogP) is -1.76. The van der Waals surface area contributed by atoms with Crippen molar-refractivity contribution >= 4 is 23.7 Å². The number of aliphatic hydroxyl groups is 5. The van der Waals surface area contributed by atoms with E-state index in [4.69, 9.17) is 18.9 Å². The summed E-state index contributed by atoms with van der Waals surface area (Å²) in [5, 5.41) is 89.2. The van der Waals surface area contributed by atoms with Crippen LogP contribution in [0.4, 0.5) is 0 Å². The summed E-state index contributed by atoms with van der Waals surface area (Å²) in [5.74, 6) is -5.37. The second-order valence-electron chi connectivity index (χ2n) is 20.6. The van der Waals surface area contributed by atoms with E-state index in [2.05, 4.69) is 27.7 Å². The molecule has 0 aromatic carbocycles. The van der Waals surface area contributed by atoms with Gasteiger partial charge in [-0.05, 0) is 103 Å². The van der Waals surface area contributed by atoms with Crippen molar-refractivity contribution in [1.82, 2.24) is 0 Å². The van der Waals surface area contributed by atoms with Crippen molar-refractivity contribution in [2.75, 3.05) is 0 Å². The fourth-order valence-corrected chi connectivity index (χ4v) is 13.3. The van der Waals surface area contributed by atoms with Crippen LogP contribution in [0.3, 0.4) is 0 Å². The molecule has 0 aromatic rings. The van der Waals surface area contributed by atoms with Crippen molar-refractivity contribution in [3.63, 3.8) is 0 Å². The molecule has 0 radical (unpaired) electrons. The van der Waals surface area contributed by atoms with E-state index in [9.17, 15) is 60.0 Å². The van der Waals surface area contributed by atoms with Crippen LogP contribution in [-0.2, 0) is 38.1 Å². The molecule has 2 aliphatic heterocycles. The fourth-order valence-electron chi connectivity index (χ4n) is 13.3. The number of fused-ring (bicyclic) bond motifs is 7. The van der Waals surface area contributed by atoms with E-state index in [0.29, 0.717) is 38.5 Å². The number of aliphatic hydroxyl groups excluding tert-OH is 5. The molecule has 7 rings (SSSR count). The van der Waals surface area contributed by atoms with Gasteiger partial charge in [0.1, 0.15) is 48.8 Å². The van der Waals surface area contributed by atoms with E-state index < -0.39 is 107 Å². The maximum absolute atomic E-state index is 14.8. The highest BCUT2D eigenvalue weighted by molar-refractivity contribution is 5.95. The number of rotatable bonds is 7. The molecular formula is C42H59O16-3. The highest BCUT2D eigenvalue weighted by Gasteiger charge is 2.70. The molecule has 0 amide bonds. The van der Waals surface area contributed by atoms with Crippen LogP contribution in [-0.4, -0.2) is 117 Å². The maximum Gasteiger partial charge on any atom is 0.187 e. The third kappa shape index (κ3) is 6.25. The van der Waals surface area contributed by atoms with Crippen molar-refractivity contribution in [2.45, 2.75) is 174 Å². The maximum atomic E-state index is 14.8. The Morgan fingerprint density at radius 2 is 1.29 bits per heavy atom. The number of carboxylic acid groups (broad SMARTS) is 3. The zero-order valence-corrected chi connectivity index (χ0v) is 34.3. The Kier molecular flexibility index (Phi) is 10.7. The first-order valence-electron chi connectivity index (χ1n) is 20.7. The summed E-state index contributed by atoms with van der Waals surface area (Å²) in [6, 6.07) is 0. The number of ether oxygens (including phenoxy) is 4. The summed E-state index contributed by atoms with van der Waals surface area (Å²) >= 11 is 0. The van der Waals surface area contributed by atoms with Gasteiger partial charge in [-0.15, -0.1) is 0 Å². The molecule has 326 valence electrons. The Morgan fingerprint density at radius 1 is 0.707 bits per heavy atom. The molecule has 5 N–H and O–H groups in total. The average molecular weight is 820 g/mol. The molecule has 7 aliphatic rings. The standard InChI is InChI=1S/C42H62O16/c1-37(2)21-8-11-42(7)31(20(43)16-18-19-17-39(4,36(53)54)13-12-38(19,3)14-15-41(18,42)6)40(21,5)10-9-22(37)55-35-30(26(47)25(46)29(57-35)33(51)52)58-34-27(48)23(44)24(45)28(56-34)32(49)50/h16,19,21-31,34-35,44-48H,8-15,17H2,1-7H3,(H,49,50)(H,51,52)(H,53,54)/p-3/t19?,21?,22?,23?,24?,25?,26?,27?,28?,29?,30?,31?,34?,35?,38-,39+,40+,41-,42-/m1/s1. The predicted molar refractivity (Wildman–Crippen MR) is 192 cm³/mol. The minimum absolute atomic E-state index is 0.0357. The summed E-state index contributed by atoms with van der Waals surface area (Å²) in [6.07, 6.45) is -13.4. The molecule has 5 aliphatic carbocycles. The molecule has 4 saturated carbocycles. The van der Waals surface area contributed by atoms with Gasteiger partial charge in [0, 0.05) is 17.3 Å². The first kappa shape index (κ1) is 43.5. The normalized spacial score (nSPS) is 52.6. The Bertz CT molecular complexity index is 1730. The molecule has 0 spiro atoms. The molecule has 0 bridgehead atoms. The minimum atomic E-state index is -2.16. The number of ketones is 1. The van der Waals surface area contributed by atoms with Crippen molar-refractivity contribution in [1.29, 1.82) is 0 Å². The fraction of sp³-hybridized carbons (Fsp3) is 0.857. The molecule has 58 heavy (non-hydrogen) atoms. The van der Waals surface area contributed by atoms with Gasteiger partial charge in [-0.3, -0.25) is 4.79 Å². The molecule has 2 saturated heterocycles. The Balaban J connectivity index is 1.17. The van der Waals surface area contributed by atoms with Crippen LogP contribution >= 0.6 is 0 Å². The zero-order chi connectivity index (χ0) is 42.9. The molecule has 16 nitrogen and oxygen atoms in total. The van der Waals surface area contributed by atoms with Gasteiger partial charge in [0.25, 0.3) is 0 Å². The highest BCUT2D eigenvalue weighted by atomic mass is 16.8. The largest absolute Gasteiger partial charge is 0.550 e.